The molecule has 3 heteroatoms. The van der Waals surface area contributed by atoms with Gasteiger partial charge in [0.1, 0.15) is 11.5 Å². The van der Waals surface area contributed by atoms with Crippen LogP contribution in [0.15, 0.2) is 12.1 Å². The van der Waals surface area contributed by atoms with Gasteiger partial charge in [-0.3, -0.25) is 0 Å². The Morgan fingerprint density at radius 3 is 2.43 bits per heavy atom. The topological polar surface area (TPSA) is 52.5 Å². The smallest absolute Gasteiger partial charge is 0.142 e. The van der Waals surface area contributed by atoms with Crippen LogP contribution < -0.4 is 5.32 Å². The molecule has 0 saturated heterocycles. The highest BCUT2D eigenvalue weighted by molar-refractivity contribution is 5.60. The Morgan fingerprint density at radius 2 is 1.86 bits per heavy atom. The third-order valence-electron chi connectivity index (χ3n) is 2.02. The first-order valence-corrected chi connectivity index (χ1v) is 4.77. The van der Waals surface area contributed by atoms with Crippen molar-refractivity contribution in [2.75, 3.05) is 11.9 Å². The molecule has 0 radical (unpaired) electrons. The summed E-state index contributed by atoms with van der Waals surface area (Å²) in [7, 11) is 0. The minimum Gasteiger partial charge on any atom is -0.508 e. The quantitative estimate of drug-likeness (QED) is 0.513. The first-order valence-electron chi connectivity index (χ1n) is 4.77. The molecule has 0 unspecified atom stereocenters. The fraction of sp³-hybridized carbons (Fsp3) is 0.455. The number of aryl methyl sites for hydroxylation is 1. The number of rotatable bonds is 3. The number of hydrogen-bond acceptors (Lipinski definition) is 3. The van der Waals surface area contributed by atoms with Crippen LogP contribution >= 0.6 is 0 Å². The van der Waals surface area contributed by atoms with Crippen molar-refractivity contribution in [1.29, 1.82) is 0 Å². The Bertz CT molecular complexity index is 321. The Balaban J connectivity index is 2.82. The molecule has 0 saturated carbocycles. The number of benzene rings is 1. The van der Waals surface area contributed by atoms with Crippen molar-refractivity contribution in [3.63, 3.8) is 0 Å². The summed E-state index contributed by atoms with van der Waals surface area (Å²) >= 11 is 0. The van der Waals surface area contributed by atoms with Crippen LogP contribution in [-0.4, -0.2) is 16.8 Å². The first-order chi connectivity index (χ1) is 6.50. The van der Waals surface area contributed by atoms with Gasteiger partial charge in [-0.25, -0.2) is 0 Å². The van der Waals surface area contributed by atoms with Gasteiger partial charge in [-0.1, -0.05) is 13.8 Å². The average molecular weight is 195 g/mol. The number of aromatic hydroxyl groups is 2. The summed E-state index contributed by atoms with van der Waals surface area (Å²) in [5.41, 5.74) is 1.43. The monoisotopic (exact) mass is 195 g/mol. The molecule has 14 heavy (non-hydrogen) atoms. The molecule has 0 fully saturated rings. The second kappa shape index (κ2) is 4.22. The summed E-state index contributed by atoms with van der Waals surface area (Å²) in [5, 5.41) is 21.9. The lowest BCUT2D eigenvalue weighted by molar-refractivity contribution is 0.449. The SMILES string of the molecule is Cc1cc(NCC(C)C)c(O)cc1O. The van der Waals surface area contributed by atoms with Crippen molar-refractivity contribution in [2.24, 2.45) is 5.92 Å². The normalized spacial score (nSPS) is 10.6. The molecule has 1 aromatic carbocycles. The number of anilines is 1. The lowest BCUT2D eigenvalue weighted by Gasteiger charge is -2.11. The molecule has 0 aliphatic carbocycles. The summed E-state index contributed by atoms with van der Waals surface area (Å²) < 4.78 is 0. The summed E-state index contributed by atoms with van der Waals surface area (Å²) in [6.07, 6.45) is 0. The molecule has 0 aliphatic rings. The highest BCUT2D eigenvalue weighted by Crippen LogP contribution is 2.30. The van der Waals surface area contributed by atoms with Crippen LogP contribution in [0.1, 0.15) is 19.4 Å². The number of phenols is 2. The molecular formula is C11H17NO2. The van der Waals surface area contributed by atoms with E-state index >= 15 is 0 Å². The van der Waals surface area contributed by atoms with E-state index in [4.69, 9.17) is 0 Å². The molecule has 0 amide bonds. The minimum absolute atomic E-state index is 0.0914. The summed E-state index contributed by atoms with van der Waals surface area (Å²) in [6.45, 7) is 6.79. The van der Waals surface area contributed by atoms with Gasteiger partial charge in [-0.2, -0.15) is 0 Å². The molecule has 1 aromatic rings. The Morgan fingerprint density at radius 1 is 1.21 bits per heavy atom. The van der Waals surface area contributed by atoms with Crippen LogP contribution in [0.5, 0.6) is 11.5 Å². The molecule has 78 valence electrons. The van der Waals surface area contributed by atoms with Crippen LogP contribution in [0, 0.1) is 12.8 Å². The summed E-state index contributed by atoms with van der Waals surface area (Å²) in [4.78, 5) is 0. The Kier molecular flexibility index (Phi) is 3.23. The van der Waals surface area contributed by atoms with E-state index in [2.05, 4.69) is 19.2 Å². The van der Waals surface area contributed by atoms with E-state index in [0.717, 1.165) is 12.1 Å². The molecule has 3 N–H and O–H groups in total. The van der Waals surface area contributed by atoms with Crippen molar-refractivity contribution in [3.8, 4) is 11.5 Å². The molecule has 0 heterocycles. The second-order valence-corrected chi connectivity index (χ2v) is 3.93. The van der Waals surface area contributed by atoms with Gasteiger partial charge < -0.3 is 15.5 Å². The van der Waals surface area contributed by atoms with E-state index in [-0.39, 0.29) is 11.5 Å². The minimum atomic E-state index is 0.0914. The van der Waals surface area contributed by atoms with Gasteiger partial charge in [0.25, 0.3) is 0 Å². The van der Waals surface area contributed by atoms with Crippen LogP contribution in [-0.2, 0) is 0 Å². The zero-order valence-corrected chi connectivity index (χ0v) is 8.83. The fourth-order valence-electron chi connectivity index (χ4n) is 1.14. The lowest BCUT2D eigenvalue weighted by atomic mass is 10.1. The van der Waals surface area contributed by atoms with Crippen molar-refractivity contribution in [3.05, 3.63) is 17.7 Å². The van der Waals surface area contributed by atoms with Crippen molar-refractivity contribution < 1.29 is 10.2 Å². The second-order valence-electron chi connectivity index (χ2n) is 3.93. The first kappa shape index (κ1) is 10.7. The highest BCUT2D eigenvalue weighted by atomic mass is 16.3. The van der Waals surface area contributed by atoms with Gasteiger partial charge in [0.15, 0.2) is 0 Å². The molecule has 1 rings (SSSR count). The van der Waals surface area contributed by atoms with Crippen LogP contribution in [0.25, 0.3) is 0 Å². The molecule has 0 aromatic heterocycles. The van der Waals surface area contributed by atoms with E-state index in [9.17, 15) is 10.2 Å². The summed E-state index contributed by atoms with van der Waals surface area (Å²) in [6, 6.07) is 3.10. The van der Waals surface area contributed by atoms with Crippen molar-refractivity contribution in [1.82, 2.24) is 0 Å². The predicted molar refractivity (Wildman–Crippen MR) is 57.8 cm³/mol. The van der Waals surface area contributed by atoms with Crippen LogP contribution in [0.4, 0.5) is 5.69 Å². The molecule has 3 nitrogen and oxygen atoms in total. The highest BCUT2D eigenvalue weighted by Gasteiger charge is 2.05. The maximum Gasteiger partial charge on any atom is 0.142 e. The molecule has 0 aliphatic heterocycles. The third kappa shape index (κ3) is 2.55. The largest absolute Gasteiger partial charge is 0.508 e. The van der Waals surface area contributed by atoms with Crippen molar-refractivity contribution in [2.45, 2.75) is 20.8 Å². The number of hydrogen-bond donors (Lipinski definition) is 3. The summed E-state index contributed by atoms with van der Waals surface area (Å²) in [5.74, 6) is 0.731. The van der Waals surface area contributed by atoms with Crippen LogP contribution in [0.3, 0.4) is 0 Å². The van der Waals surface area contributed by atoms with E-state index in [0.29, 0.717) is 11.6 Å². The zero-order chi connectivity index (χ0) is 10.7. The maximum atomic E-state index is 9.51. The van der Waals surface area contributed by atoms with Gasteiger partial charge in [0.2, 0.25) is 0 Å². The van der Waals surface area contributed by atoms with Gasteiger partial charge in [-0.15, -0.1) is 0 Å². The van der Waals surface area contributed by atoms with E-state index in [1.54, 1.807) is 13.0 Å². The van der Waals surface area contributed by atoms with Gasteiger partial charge in [0.05, 0.1) is 5.69 Å². The average Bonchev–Trinajstić information content (AvgIpc) is 2.09. The molecule has 0 bridgehead atoms. The standard InChI is InChI=1S/C11H17NO2/c1-7(2)6-12-9-4-8(3)10(13)5-11(9)14/h4-5,7,12-14H,6H2,1-3H3. The zero-order valence-electron chi connectivity index (χ0n) is 8.83. The number of nitrogens with one attached hydrogen (secondary N) is 1. The molecule has 0 spiro atoms. The Labute approximate surface area is 84.4 Å². The lowest BCUT2D eigenvalue weighted by Crippen LogP contribution is -2.08. The predicted octanol–water partition coefficient (Wildman–Crippen LogP) is 2.47. The molecular weight excluding hydrogens is 178 g/mol. The van der Waals surface area contributed by atoms with Gasteiger partial charge >= 0.3 is 0 Å². The van der Waals surface area contributed by atoms with Crippen LogP contribution in [0.2, 0.25) is 0 Å². The maximum absolute atomic E-state index is 9.51. The molecule has 0 atom stereocenters. The van der Waals surface area contributed by atoms with Crippen molar-refractivity contribution >= 4 is 5.69 Å². The van der Waals surface area contributed by atoms with Gasteiger partial charge in [0, 0.05) is 12.6 Å². The Hall–Kier alpha value is -1.38. The number of phenolic OH excluding ortho intramolecular Hbond substituents is 2. The van der Waals surface area contributed by atoms with E-state index in [1.807, 2.05) is 0 Å². The fourth-order valence-corrected chi connectivity index (χ4v) is 1.14. The third-order valence-corrected chi connectivity index (χ3v) is 2.02. The van der Waals surface area contributed by atoms with Gasteiger partial charge in [-0.05, 0) is 24.5 Å². The van der Waals surface area contributed by atoms with E-state index in [1.165, 1.54) is 6.07 Å². The van der Waals surface area contributed by atoms with E-state index < -0.39 is 0 Å².